The van der Waals surface area contributed by atoms with Crippen molar-refractivity contribution in [2.45, 2.75) is 0 Å². The van der Waals surface area contributed by atoms with Crippen molar-refractivity contribution in [1.82, 2.24) is 9.97 Å². The van der Waals surface area contributed by atoms with E-state index in [1.54, 1.807) is 12.1 Å². The van der Waals surface area contributed by atoms with Crippen molar-refractivity contribution in [3.8, 4) is 5.75 Å². The number of nitrogens with zero attached hydrogens (tertiary/aromatic N) is 1. The second-order valence-electron chi connectivity index (χ2n) is 3.74. The lowest BCUT2D eigenvalue weighted by molar-refractivity contribution is 0.0696. The number of nitrogens with one attached hydrogen (secondary N) is 2. The van der Waals surface area contributed by atoms with Crippen LogP contribution in [0.3, 0.4) is 0 Å². The summed E-state index contributed by atoms with van der Waals surface area (Å²) >= 11 is 3.15. The van der Waals surface area contributed by atoms with Gasteiger partial charge in [0.25, 0.3) is 5.56 Å². The Kier molecular flexibility index (Phi) is 4.04. The summed E-state index contributed by atoms with van der Waals surface area (Å²) in [5, 5.41) is 11.9. The van der Waals surface area contributed by atoms with Gasteiger partial charge in [-0.05, 0) is 34.1 Å². The number of anilines is 2. The maximum Gasteiger partial charge on any atom is 0.336 e. The number of rotatable bonds is 4. The Bertz CT molecular complexity index is 714. The van der Waals surface area contributed by atoms with E-state index in [2.05, 4.69) is 31.2 Å². The van der Waals surface area contributed by atoms with E-state index in [1.807, 2.05) is 0 Å². The number of halogens is 1. The Hall–Kier alpha value is -2.35. The third kappa shape index (κ3) is 2.80. The number of aromatic nitrogens is 2. The number of ether oxygens (including phenoxy) is 1. The molecule has 1 aromatic heterocycles. The molecule has 8 heteroatoms. The first-order valence-corrected chi connectivity index (χ1v) is 6.23. The van der Waals surface area contributed by atoms with Gasteiger partial charge in [-0.3, -0.25) is 4.79 Å². The Balaban J connectivity index is 2.41. The summed E-state index contributed by atoms with van der Waals surface area (Å²) in [4.78, 5) is 28.9. The lowest BCUT2D eigenvalue weighted by Gasteiger charge is -2.10. The summed E-state index contributed by atoms with van der Waals surface area (Å²) in [6.07, 6.45) is 1.23. The van der Waals surface area contributed by atoms with Crippen LogP contribution in [0.25, 0.3) is 0 Å². The van der Waals surface area contributed by atoms with E-state index in [0.717, 1.165) is 0 Å². The molecule has 0 spiro atoms. The second kappa shape index (κ2) is 5.74. The highest BCUT2D eigenvalue weighted by atomic mass is 79.9. The summed E-state index contributed by atoms with van der Waals surface area (Å²) in [6, 6.07) is 4.67. The number of carboxylic acid groups (broad SMARTS) is 1. The molecule has 0 fully saturated rings. The number of H-pyrrole nitrogens is 1. The fraction of sp³-hybridized carbons (Fsp3) is 0.0833. The van der Waals surface area contributed by atoms with E-state index in [1.165, 1.54) is 19.5 Å². The van der Waals surface area contributed by atoms with Crippen molar-refractivity contribution in [2.75, 3.05) is 12.4 Å². The minimum Gasteiger partial charge on any atom is -0.489 e. The fourth-order valence-corrected chi connectivity index (χ4v) is 1.99. The zero-order chi connectivity index (χ0) is 14.7. The number of aromatic amines is 1. The van der Waals surface area contributed by atoms with Crippen molar-refractivity contribution in [1.29, 1.82) is 0 Å². The predicted octanol–water partition coefficient (Wildman–Crippen LogP) is 1.98. The van der Waals surface area contributed by atoms with Gasteiger partial charge in [0, 0.05) is 10.2 Å². The van der Waals surface area contributed by atoms with Crippen molar-refractivity contribution >= 4 is 33.4 Å². The van der Waals surface area contributed by atoms with Crippen LogP contribution in [0.15, 0.2) is 33.8 Å². The molecular weight excluding hydrogens is 330 g/mol. The lowest BCUT2D eigenvalue weighted by Crippen LogP contribution is -2.12. The molecule has 0 amide bonds. The van der Waals surface area contributed by atoms with Crippen molar-refractivity contribution in [3.63, 3.8) is 0 Å². The van der Waals surface area contributed by atoms with E-state index in [0.29, 0.717) is 10.2 Å². The molecule has 0 bridgehead atoms. The van der Waals surface area contributed by atoms with Crippen LogP contribution in [0.2, 0.25) is 0 Å². The van der Waals surface area contributed by atoms with Gasteiger partial charge in [0.05, 0.1) is 19.0 Å². The van der Waals surface area contributed by atoms with Gasteiger partial charge in [0.2, 0.25) is 5.75 Å². The van der Waals surface area contributed by atoms with E-state index in [4.69, 9.17) is 9.84 Å². The van der Waals surface area contributed by atoms with Crippen LogP contribution in [-0.4, -0.2) is 28.2 Å². The number of hydrogen-bond donors (Lipinski definition) is 3. The Morgan fingerprint density at radius 1 is 1.50 bits per heavy atom. The van der Waals surface area contributed by atoms with Crippen LogP contribution in [0, 0.1) is 0 Å². The van der Waals surface area contributed by atoms with Crippen LogP contribution in [0.5, 0.6) is 5.75 Å². The molecule has 0 saturated carbocycles. The van der Waals surface area contributed by atoms with E-state index >= 15 is 0 Å². The van der Waals surface area contributed by atoms with Crippen LogP contribution >= 0.6 is 15.9 Å². The second-order valence-corrected chi connectivity index (χ2v) is 4.59. The molecule has 0 aliphatic rings. The topological polar surface area (TPSA) is 104 Å². The monoisotopic (exact) mass is 339 g/mol. The van der Waals surface area contributed by atoms with Gasteiger partial charge < -0.3 is 20.1 Å². The molecule has 7 nitrogen and oxygen atoms in total. The molecule has 3 N–H and O–H groups in total. The average molecular weight is 340 g/mol. The minimum absolute atomic E-state index is 0.0206. The first-order chi connectivity index (χ1) is 9.52. The fourth-order valence-electron chi connectivity index (χ4n) is 1.57. The zero-order valence-corrected chi connectivity index (χ0v) is 11.9. The normalized spacial score (nSPS) is 10.1. The number of aromatic carboxylic acids is 1. The molecule has 0 radical (unpaired) electrons. The van der Waals surface area contributed by atoms with Crippen LogP contribution in [0.4, 0.5) is 11.5 Å². The van der Waals surface area contributed by atoms with Gasteiger partial charge in [-0.15, -0.1) is 0 Å². The largest absolute Gasteiger partial charge is 0.489 e. The molecular formula is C12H10BrN3O4. The van der Waals surface area contributed by atoms with Crippen LogP contribution < -0.4 is 15.6 Å². The van der Waals surface area contributed by atoms with E-state index < -0.39 is 11.5 Å². The molecule has 2 aromatic rings. The highest BCUT2D eigenvalue weighted by Crippen LogP contribution is 2.25. The minimum atomic E-state index is -1.06. The molecule has 104 valence electrons. The standard InChI is InChI=1S/C12H10BrN3O4/c1-20-9-10(14-5-15-11(9)17)16-6-2-3-8(13)7(4-6)12(18)19/h2-5H,1H3,(H,18,19)(H2,14,15,16,17). The van der Waals surface area contributed by atoms with Gasteiger partial charge in [-0.25, -0.2) is 9.78 Å². The molecule has 2 rings (SSSR count). The highest BCUT2D eigenvalue weighted by molar-refractivity contribution is 9.10. The molecule has 0 aliphatic carbocycles. The van der Waals surface area contributed by atoms with Gasteiger partial charge in [0.1, 0.15) is 0 Å². The summed E-state index contributed by atoms with van der Waals surface area (Å²) in [5.74, 6) is -0.839. The molecule has 1 aromatic carbocycles. The van der Waals surface area contributed by atoms with Gasteiger partial charge in [0.15, 0.2) is 5.82 Å². The van der Waals surface area contributed by atoms with E-state index in [9.17, 15) is 9.59 Å². The Morgan fingerprint density at radius 3 is 2.90 bits per heavy atom. The summed E-state index contributed by atoms with van der Waals surface area (Å²) < 4.78 is 5.42. The number of methoxy groups -OCH3 is 1. The van der Waals surface area contributed by atoms with Gasteiger partial charge >= 0.3 is 5.97 Å². The Labute approximate surface area is 121 Å². The van der Waals surface area contributed by atoms with Crippen LogP contribution in [0.1, 0.15) is 10.4 Å². The summed E-state index contributed by atoms with van der Waals surface area (Å²) in [5.41, 5.74) is 0.140. The maximum absolute atomic E-state index is 11.5. The average Bonchev–Trinajstić information content (AvgIpc) is 2.41. The Morgan fingerprint density at radius 2 is 2.25 bits per heavy atom. The first-order valence-electron chi connectivity index (χ1n) is 5.44. The predicted molar refractivity (Wildman–Crippen MR) is 75.8 cm³/mol. The van der Waals surface area contributed by atoms with Crippen LogP contribution in [-0.2, 0) is 0 Å². The van der Waals surface area contributed by atoms with Crippen molar-refractivity contribution in [2.24, 2.45) is 0 Å². The quantitative estimate of drug-likeness (QED) is 0.786. The third-order valence-corrected chi connectivity index (χ3v) is 3.17. The first kappa shape index (κ1) is 14.1. The molecule has 0 saturated heterocycles. The van der Waals surface area contributed by atoms with Crippen molar-refractivity contribution in [3.05, 3.63) is 44.9 Å². The van der Waals surface area contributed by atoms with Gasteiger partial charge in [-0.2, -0.15) is 0 Å². The molecule has 0 atom stereocenters. The smallest absolute Gasteiger partial charge is 0.336 e. The number of benzene rings is 1. The van der Waals surface area contributed by atoms with E-state index in [-0.39, 0.29) is 17.1 Å². The zero-order valence-electron chi connectivity index (χ0n) is 10.3. The summed E-state index contributed by atoms with van der Waals surface area (Å²) in [7, 11) is 1.35. The molecule has 1 heterocycles. The number of carboxylic acids is 1. The highest BCUT2D eigenvalue weighted by Gasteiger charge is 2.12. The number of carbonyl (C=O) groups is 1. The molecule has 20 heavy (non-hydrogen) atoms. The maximum atomic E-state index is 11.5. The van der Waals surface area contributed by atoms with Gasteiger partial charge in [-0.1, -0.05) is 0 Å². The lowest BCUT2D eigenvalue weighted by atomic mass is 10.2. The molecule has 0 unspecified atom stereocenters. The third-order valence-electron chi connectivity index (χ3n) is 2.47. The molecule has 0 aliphatic heterocycles. The van der Waals surface area contributed by atoms with Crippen molar-refractivity contribution < 1.29 is 14.6 Å². The summed E-state index contributed by atoms with van der Waals surface area (Å²) in [6.45, 7) is 0. The SMILES string of the molecule is COc1c(Nc2ccc(Br)c(C(=O)O)c2)nc[nH]c1=O. The number of hydrogen-bond acceptors (Lipinski definition) is 5.